The SMILES string of the molecule is CCNC(C)(C(N)=O)c1ccc(C)c(F)c1. The van der Waals surface area contributed by atoms with Gasteiger partial charge in [0.25, 0.3) is 0 Å². The molecule has 1 rings (SSSR count). The van der Waals surface area contributed by atoms with Gasteiger partial charge in [0.1, 0.15) is 11.4 Å². The Labute approximate surface area is 94.8 Å². The van der Waals surface area contributed by atoms with E-state index in [1.807, 2.05) is 6.92 Å². The average Bonchev–Trinajstić information content (AvgIpc) is 2.22. The van der Waals surface area contributed by atoms with Gasteiger partial charge in [-0.1, -0.05) is 19.1 Å². The lowest BCUT2D eigenvalue weighted by Gasteiger charge is -2.27. The van der Waals surface area contributed by atoms with Crippen LogP contribution in [0.2, 0.25) is 0 Å². The molecule has 0 aliphatic heterocycles. The maximum absolute atomic E-state index is 13.4. The van der Waals surface area contributed by atoms with Gasteiger partial charge in [-0.3, -0.25) is 4.79 Å². The molecule has 16 heavy (non-hydrogen) atoms. The predicted molar refractivity (Wildman–Crippen MR) is 61.4 cm³/mol. The molecular weight excluding hydrogens is 207 g/mol. The Morgan fingerprint density at radius 2 is 2.19 bits per heavy atom. The number of halogens is 1. The summed E-state index contributed by atoms with van der Waals surface area (Å²) in [6.45, 7) is 5.78. The molecule has 1 aromatic rings. The highest BCUT2D eigenvalue weighted by Crippen LogP contribution is 2.22. The van der Waals surface area contributed by atoms with Crippen LogP contribution in [0.3, 0.4) is 0 Å². The Morgan fingerprint density at radius 3 is 2.62 bits per heavy atom. The molecule has 88 valence electrons. The van der Waals surface area contributed by atoms with Gasteiger partial charge in [0, 0.05) is 0 Å². The molecule has 1 atom stereocenters. The van der Waals surface area contributed by atoms with Crippen LogP contribution in [-0.2, 0) is 10.3 Å². The van der Waals surface area contributed by atoms with Crippen LogP contribution in [0.15, 0.2) is 18.2 Å². The highest BCUT2D eigenvalue weighted by atomic mass is 19.1. The Kier molecular flexibility index (Phi) is 3.65. The number of primary amides is 1. The number of hydrogen-bond donors (Lipinski definition) is 2. The number of hydrogen-bond acceptors (Lipinski definition) is 2. The Morgan fingerprint density at radius 1 is 1.56 bits per heavy atom. The smallest absolute Gasteiger partial charge is 0.242 e. The van der Waals surface area contributed by atoms with Crippen LogP contribution in [0, 0.1) is 12.7 Å². The van der Waals surface area contributed by atoms with E-state index >= 15 is 0 Å². The maximum atomic E-state index is 13.4. The summed E-state index contributed by atoms with van der Waals surface area (Å²) >= 11 is 0. The summed E-state index contributed by atoms with van der Waals surface area (Å²) in [5.74, 6) is -0.847. The molecule has 0 fully saturated rings. The van der Waals surface area contributed by atoms with E-state index in [-0.39, 0.29) is 5.82 Å². The summed E-state index contributed by atoms with van der Waals surface area (Å²) in [6.07, 6.45) is 0. The van der Waals surface area contributed by atoms with E-state index in [2.05, 4.69) is 5.32 Å². The number of nitrogens with two attached hydrogens (primary N) is 1. The van der Waals surface area contributed by atoms with Gasteiger partial charge in [0.15, 0.2) is 0 Å². The summed E-state index contributed by atoms with van der Waals surface area (Å²) in [6, 6.07) is 4.71. The van der Waals surface area contributed by atoms with Crippen molar-refractivity contribution >= 4 is 5.91 Å². The Bertz CT molecular complexity index is 406. The fourth-order valence-electron chi connectivity index (χ4n) is 1.59. The lowest BCUT2D eigenvalue weighted by atomic mass is 9.90. The second kappa shape index (κ2) is 4.61. The van der Waals surface area contributed by atoms with E-state index in [4.69, 9.17) is 5.73 Å². The predicted octanol–water partition coefficient (Wildman–Crippen LogP) is 1.44. The fourth-order valence-corrected chi connectivity index (χ4v) is 1.59. The van der Waals surface area contributed by atoms with E-state index in [9.17, 15) is 9.18 Å². The first kappa shape index (κ1) is 12.6. The van der Waals surface area contributed by atoms with E-state index < -0.39 is 11.4 Å². The number of amides is 1. The van der Waals surface area contributed by atoms with Crippen molar-refractivity contribution in [1.29, 1.82) is 0 Å². The van der Waals surface area contributed by atoms with Crippen LogP contribution in [0.4, 0.5) is 4.39 Å². The van der Waals surface area contributed by atoms with E-state index in [0.29, 0.717) is 17.7 Å². The van der Waals surface area contributed by atoms with Crippen molar-refractivity contribution in [2.24, 2.45) is 5.73 Å². The number of benzene rings is 1. The van der Waals surface area contributed by atoms with Crippen LogP contribution in [0.25, 0.3) is 0 Å². The maximum Gasteiger partial charge on any atom is 0.242 e. The molecule has 0 saturated heterocycles. The first-order valence-corrected chi connectivity index (χ1v) is 5.23. The second-order valence-corrected chi connectivity index (χ2v) is 3.98. The van der Waals surface area contributed by atoms with Crippen molar-refractivity contribution in [3.8, 4) is 0 Å². The number of aryl methyl sites for hydroxylation is 1. The highest BCUT2D eigenvalue weighted by molar-refractivity contribution is 5.85. The van der Waals surface area contributed by atoms with Gasteiger partial charge in [-0.05, 0) is 37.6 Å². The topological polar surface area (TPSA) is 55.1 Å². The molecule has 0 aliphatic rings. The summed E-state index contributed by atoms with van der Waals surface area (Å²) in [7, 11) is 0. The largest absolute Gasteiger partial charge is 0.368 e. The summed E-state index contributed by atoms with van der Waals surface area (Å²) in [5, 5.41) is 2.98. The molecule has 0 aliphatic carbocycles. The minimum atomic E-state index is -1.02. The zero-order chi connectivity index (χ0) is 12.3. The molecule has 1 aromatic carbocycles. The van der Waals surface area contributed by atoms with Gasteiger partial charge in [0.2, 0.25) is 5.91 Å². The monoisotopic (exact) mass is 224 g/mol. The number of carbonyl (C=O) groups excluding carboxylic acids is 1. The van der Waals surface area contributed by atoms with Crippen LogP contribution in [-0.4, -0.2) is 12.5 Å². The van der Waals surface area contributed by atoms with Crippen LogP contribution in [0.1, 0.15) is 25.0 Å². The minimum absolute atomic E-state index is 0.331. The Hall–Kier alpha value is -1.42. The molecule has 0 heterocycles. The average molecular weight is 224 g/mol. The second-order valence-electron chi connectivity index (χ2n) is 3.98. The Balaban J connectivity index is 3.21. The minimum Gasteiger partial charge on any atom is -0.368 e. The molecule has 0 radical (unpaired) electrons. The standard InChI is InChI=1S/C12H17FN2O/c1-4-15-12(3,11(14)16)9-6-5-8(2)10(13)7-9/h5-7,15H,4H2,1-3H3,(H2,14,16). The lowest BCUT2D eigenvalue weighted by molar-refractivity contribution is -0.124. The van der Waals surface area contributed by atoms with Crippen LogP contribution < -0.4 is 11.1 Å². The van der Waals surface area contributed by atoms with Gasteiger partial charge < -0.3 is 11.1 Å². The van der Waals surface area contributed by atoms with Crippen molar-refractivity contribution in [3.05, 3.63) is 35.1 Å². The number of rotatable bonds is 4. The molecule has 0 saturated carbocycles. The van der Waals surface area contributed by atoms with Gasteiger partial charge in [-0.15, -0.1) is 0 Å². The van der Waals surface area contributed by atoms with E-state index in [1.54, 1.807) is 26.0 Å². The molecule has 3 nitrogen and oxygen atoms in total. The summed E-state index contributed by atoms with van der Waals surface area (Å²) in [5.41, 5.74) is 5.42. The van der Waals surface area contributed by atoms with Crippen molar-refractivity contribution in [2.45, 2.75) is 26.3 Å². The number of carbonyl (C=O) groups is 1. The zero-order valence-corrected chi connectivity index (χ0v) is 9.80. The van der Waals surface area contributed by atoms with E-state index in [0.717, 1.165) is 0 Å². The first-order chi connectivity index (χ1) is 7.41. The molecule has 3 N–H and O–H groups in total. The lowest BCUT2D eigenvalue weighted by Crippen LogP contribution is -2.50. The van der Waals surface area contributed by atoms with Crippen molar-refractivity contribution in [1.82, 2.24) is 5.32 Å². The highest BCUT2D eigenvalue weighted by Gasteiger charge is 2.32. The summed E-state index contributed by atoms with van der Waals surface area (Å²) < 4.78 is 13.4. The first-order valence-electron chi connectivity index (χ1n) is 5.23. The van der Waals surface area contributed by atoms with Gasteiger partial charge in [-0.2, -0.15) is 0 Å². The third-order valence-electron chi connectivity index (χ3n) is 2.77. The van der Waals surface area contributed by atoms with Crippen molar-refractivity contribution in [2.75, 3.05) is 6.54 Å². The molecule has 0 bridgehead atoms. The van der Waals surface area contributed by atoms with Crippen molar-refractivity contribution in [3.63, 3.8) is 0 Å². The molecule has 0 spiro atoms. The summed E-state index contributed by atoms with van der Waals surface area (Å²) in [4.78, 5) is 11.4. The zero-order valence-electron chi connectivity index (χ0n) is 9.80. The molecule has 0 aromatic heterocycles. The quantitative estimate of drug-likeness (QED) is 0.813. The number of likely N-dealkylation sites (N-methyl/N-ethyl adjacent to an activating group) is 1. The van der Waals surface area contributed by atoms with Gasteiger partial charge in [-0.25, -0.2) is 4.39 Å². The molecule has 1 unspecified atom stereocenters. The molecule has 4 heteroatoms. The third-order valence-corrected chi connectivity index (χ3v) is 2.77. The van der Waals surface area contributed by atoms with Crippen LogP contribution >= 0.6 is 0 Å². The normalized spacial score (nSPS) is 14.5. The van der Waals surface area contributed by atoms with Gasteiger partial charge in [0.05, 0.1) is 0 Å². The van der Waals surface area contributed by atoms with Crippen molar-refractivity contribution < 1.29 is 9.18 Å². The van der Waals surface area contributed by atoms with E-state index in [1.165, 1.54) is 6.07 Å². The molecular formula is C12H17FN2O. The molecule has 1 amide bonds. The number of nitrogens with one attached hydrogen (secondary N) is 1. The fraction of sp³-hybridized carbons (Fsp3) is 0.417. The van der Waals surface area contributed by atoms with Gasteiger partial charge >= 0.3 is 0 Å². The third kappa shape index (κ3) is 2.22. The van der Waals surface area contributed by atoms with Crippen LogP contribution in [0.5, 0.6) is 0 Å².